The highest BCUT2D eigenvalue weighted by atomic mass is 16.6. The molecule has 6 aromatic rings. The molecule has 208 valence electrons. The van der Waals surface area contributed by atoms with Crippen LogP contribution in [0.2, 0.25) is 0 Å². The van der Waals surface area contributed by atoms with Crippen LogP contribution < -0.4 is 18.3 Å². The number of rotatable bonds is 1. The molecule has 0 fully saturated rings. The van der Waals surface area contributed by atoms with Gasteiger partial charge in [0.1, 0.15) is 11.4 Å². The molecule has 43 heavy (non-hydrogen) atoms. The Bertz CT molecular complexity index is 1790. The van der Waals surface area contributed by atoms with E-state index in [0.717, 1.165) is 33.6 Å². The average Bonchev–Trinajstić information content (AvgIpc) is 3.02. The lowest BCUT2D eigenvalue weighted by Crippen LogP contribution is -2.36. The number of benzene rings is 1. The number of nitro groups is 1. The molecular weight excluding hydrogens is 536 g/mol. The molecule has 13 rings (SSSR count). The minimum atomic E-state index is -0.257. The van der Waals surface area contributed by atoms with Crippen molar-refractivity contribution in [1.29, 1.82) is 0 Å². The molecule has 12 heterocycles. The van der Waals surface area contributed by atoms with E-state index in [9.17, 15) is 10.1 Å². The van der Waals surface area contributed by atoms with Gasteiger partial charge in [0.25, 0.3) is 5.69 Å². The van der Waals surface area contributed by atoms with Gasteiger partial charge in [-0.15, -0.1) is 0 Å². The molecule has 7 aliphatic heterocycles. The number of pyridine rings is 5. The van der Waals surface area contributed by atoms with E-state index < -0.39 is 0 Å². The topological polar surface area (TPSA) is 71.5 Å². The molecule has 8 heteroatoms. The molecule has 1 aromatic carbocycles. The van der Waals surface area contributed by atoms with Gasteiger partial charge in [-0.2, -0.15) is 9.13 Å². The molecule has 0 N–H and O–H groups in total. The van der Waals surface area contributed by atoms with Crippen molar-refractivity contribution >= 4 is 5.69 Å². The maximum absolute atomic E-state index is 12.3. The van der Waals surface area contributed by atoms with Crippen molar-refractivity contribution in [3.8, 4) is 22.3 Å². The monoisotopic (exact) mass is 566 g/mol. The summed E-state index contributed by atoms with van der Waals surface area (Å²) in [5.41, 5.74) is 7.88. The zero-order chi connectivity index (χ0) is 29.2. The lowest BCUT2D eigenvalue weighted by Gasteiger charge is -2.06. The van der Waals surface area contributed by atoms with Gasteiger partial charge in [-0.1, -0.05) is 12.1 Å². The lowest BCUT2D eigenvalue weighted by atomic mass is 10.1. The Kier molecular flexibility index (Phi) is 6.92. The second-order valence-corrected chi connectivity index (χ2v) is 10.8. The van der Waals surface area contributed by atoms with Crippen molar-refractivity contribution in [1.82, 2.24) is 4.98 Å². The quantitative estimate of drug-likeness (QED) is 0.172. The summed E-state index contributed by atoms with van der Waals surface area (Å²) in [5, 5.41) is 12.3. The van der Waals surface area contributed by atoms with Crippen LogP contribution in [-0.2, 0) is 26.2 Å². The van der Waals surface area contributed by atoms with E-state index in [2.05, 4.69) is 76.4 Å². The van der Waals surface area contributed by atoms with Crippen LogP contribution in [0, 0.1) is 10.1 Å². The fraction of sp³-hybridized carbons (Fsp3) is 0.114. The summed E-state index contributed by atoms with van der Waals surface area (Å²) in [6, 6.07) is 28.4. The molecule has 0 saturated heterocycles. The highest BCUT2D eigenvalue weighted by Gasteiger charge is 2.24. The minimum absolute atomic E-state index is 0.164. The Morgan fingerprint density at radius 3 is 1.16 bits per heavy atom. The first kappa shape index (κ1) is 26.3. The van der Waals surface area contributed by atoms with E-state index in [1.54, 1.807) is 0 Å². The molecule has 0 saturated carbocycles. The second-order valence-electron chi connectivity index (χ2n) is 10.8. The molecule has 0 amide bonds. The molecule has 0 atom stereocenters. The maximum atomic E-state index is 12.3. The number of aromatic nitrogens is 5. The van der Waals surface area contributed by atoms with Crippen LogP contribution in [0.4, 0.5) is 5.69 Å². The number of nitrogens with zero attached hydrogens (tertiary/aromatic N) is 6. The number of hydrogen-bond acceptors (Lipinski definition) is 3. The van der Waals surface area contributed by atoms with E-state index >= 15 is 0 Å². The first-order valence-corrected chi connectivity index (χ1v) is 14.2. The third kappa shape index (κ3) is 5.76. The van der Waals surface area contributed by atoms with Crippen molar-refractivity contribution in [3.63, 3.8) is 0 Å². The molecule has 0 aliphatic carbocycles. The Balaban J connectivity index is 1.27. The van der Waals surface area contributed by atoms with Gasteiger partial charge in [0, 0.05) is 48.5 Å². The van der Waals surface area contributed by atoms with Crippen LogP contribution >= 0.6 is 0 Å². The zero-order valence-corrected chi connectivity index (χ0v) is 23.5. The van der Waals surface area contributed by atoms with Crippen molar-refractivity contribution in [2.45, 2.75) is 26.2 Å². The highest BCUT2D eigenvalue weighted by Crippen LogP contribution is 2.24. The molecule has 0 unspecified atom stereocenters. The molecule has 0 radical (unpaired) electrons. The smallest absolute Gasteiger partial charge is 0.258 e. The molecule has 5 aromatic heterocycles. The summed E-state index contributed by atoms with van der Waals surface area (Å²) >= 11 is 0. The van der Waals surface area contributed by atoms with Crippen LogP contribution in [0.25, 0.3) is 22.3 Å². The van der Waals surface area contributed by atoms with Crippen molar-refractivity contribution in [2.75, 3.05) is 0 Å². The van der Waals surface area contributed by atoms with E-state index in [0.29, 0.717) is 37.3 Å². The van der Waals surface area contributed by atoms with Crippen LogP contribution in [0.1, 0.15) is 22.5 Å². The first-order valence-electron chi connectivity index (χ1n) is 14.2. The fourth-order valence-electron chi connectivity index (χ4n) is 5.63. The Morgan fingerprint density at radius 2 is 0.814 bits per heavy atom. The Hall–Kier alpha value is -5.63. The lowest BCUT2D eigenvalue weighted by molar-refractivity contribution is -0.690. The van der Waals surface area contributed by atoms with Gasteiger partial charge in [-0.05, 0) is 46.5 Å². The average molecular weight is 567 g/mol. The zero-order valence-electron chi connectivity index (χ0n) is 23.5. The van der Waals surface area contributed by atoms with Gasteiger partial charge < -0.3 is 0 Å². The van der Waals surface area contributed by atoms with Crippen molar-refractivity contribution < 1.29 is 23.2 Å². The summed E-state index contributed by atoms with van der Waals surface area (Å²) in [7, 11) is 0. The van der Waals surface area contributed by atoms with E-state index in [-0.39, 0.29) is 10.6 Å². The Labute approximate surface area is 249 Å². The van der Waals surface area contributed by atoms with E-state index in [1.165, 1.54) is 0 Å². The first-order chi connectivity index (χ1) is 21.1. The summed E-state index contributed by atoms with van der Waals surface area (Å²) < 4.78 is 8.21. The van der Waals surface area contributed by atoms with Gasteiger partial charge >= 0.3 is 0 Å². The highest BCUT2D eigenvalue weighted by molar-refractivity contribution is 5.61. The van der Waals surface area contributed by atoms with E-state index in [1.807, 2.05) is 76.4 Å². The molecule has 8 nitrogen and oxygen atoms in total. The van der Waals surface area contributed by atoms with Gasteiger partial charge in [-0.3, -0.25) is 10.1 Å². The summed E-state index contributed by atoms with van der Waals surface area (Å²) in [4.78, 5) is 16.9. The van der Waals surface area contributed by atoms with Gasteiger partial charge in [0.05, 0.1) is 16.1 Å². The number of nitro benzene ring substituents is 1. The summed E-state index contributed by atoms with van der Waals surface area (Å²) in [6.45, 7) is 2.17. The van der Waals surface area contributed by atoms with Crippen molar-refractivity contribution in [3.05, 3.63) is 167 Å². The summed E-state index contributed by atoms with van der Waals surface area (Å²) in [6.07, 6.45) is 16.2. The van der Waals surface area contributed by atoms with Crippen LogP contribution in [-0.4, -0.2) is 9.91 Å². The normalized spacial score (nSPS) is 12.5. The van der Waals surface area contributed by atoms with Crippen LogP contribution in [0.3, 0.4) is 0 Å². The number of hydrogen-bond donors (Lipinski definition) is 0. The SMILES string of the molecule is O=[N+]([O-])c1c2cccc1C[n+]1ccc(cc1)-c1cc[n+](cc1)Cc1cccc(n1)C[n+]1ccc(cc1)-c1cc[n+](cc1)C2. The van der Waals surface area contributed by atoms with Gasteiger partial charge in [0.15, 0.2) is 75.8 Å². The fourth-order valence-corrected chi connectivity index (χ4v) is 5.63. The van der Waals surface area contributed by atoms with Gasteiger partial charge in [-0.25, -0.2) is 14.1 Å². The van der Waals surface area contributed by atoms with Crippen LogP contribution in [0.15, 0.2) is 135 Å². The minimum Gasteiger partial charge on any atom is -0.258 e. The predicted molar refractivity (Wildman–Crippen MR) is 158 cm³/mol. The molecule has 12 bridgehead atoms. The van der Waals surface area contributed by atoms with Gasteiger partial charge in [0.2, 0.25) is 0 Å². The second kappa shape index (κ2) is 11.3. The van der Waals surface area contributed by atoms with Crippen LogP contribution in [0.5, 0.6) is 0 Å². The molecule has 0 spiro atoms. The largest absolute Gasteiger partial charge is 0.288 e. The van der Waals surface area contributed by atoms with Crippen molar-refractivity contribution in [2.24, 2.45) is 0 Å². The third-order valence-electron chi connectivity index (χ3n) is 7.88. The summed E-state index contributed by atoms with van der Waals surface area (Å²) in [5.74, 6) is 0. The molecule has 7 aliphatic rings. The Morgan fingerprint density at radius 1 is 0.488 bits per heavy atom. The predicted octanol–water partition coefficient (Wildman–Crippen LogP) is 3.98. The van der Waals surface area contributed by atoms with E-state index in [4.69, 9.17) is 4.98 Å². The standard InChI is InChI=1S/C35H30N6O2/c42-41(43)35-31-3-1-4-32(35)24-38-17-9-28(10-18-38)30-13-21-40(22-14-30)26-34-6-2-5-33(36-34)25-39-19-11-29(12-20-39)27-7-15-37(23-31)16-8-27/h1-22H,23-26H2/q+4. The number of para-hydroxylation sites is 1. The third-order valence-corrected chi connectivity index (χ3v) is 7.88. The molecular formula is C35H30N6O2+4. The maximum Gasteiger partial charge on any atom is 0.288 e.